The zero-order valence-electron chi connectivity index (χ0n) is 13.0. The van der Waals surface area contributed by atoms with Gasteiger partial charge in [-0.05, 0) is 38.7 Å². The van der Waals surface area contributed by atoms with Crippen LogP contribution >= 0.6 is 0 Å². The fourth-order valence-corrected chi connectivity index (χ4v) is 3.17. The number of hydrogen-bond donors (Lipinski definition) is 1. The van der Waals surface area contributed by atoms with Gasteiger partial charge in [0, 0.05) is 36.2 Å². The normalized spacial score (nSPS) is 18.4. The summed E-state index contributed by atoms with van der Waals surface area (Å²) in [6.45, 7) is 4.85. The third-order valence-corrected chi connectivity index (χ3v) is 4.32. The van der Waals surface area contributed by atoms with Crippen molar-refractivity contribution in [1.82, 2.24) is 14.8 Å². The summed E-state index contributed by atoms with van der Waals surface area (Å²) in [6, 6.07) is 9.06. The minimum Gasteiger partial charge on any atom is -0.379 e. The Kier molecular flexibility index (Phi) is 4.58. The van der Waals surface area contributed by atoms with Crippen LogP contribution < -0.4 is 0 Å². The maximum absolute atomic E-state index is 5.52. The number of fused-ring (bicyclic) bond motifs is 1. The maximum Gasteiger partial charge on any atom is 0.0594 e. The van der Waals surface area contributed by atoms with Crippen LogP contribution in [0.25, 0.3) is 10.9 Å². The molecule has 2 heterocycles. The summed E-state index contributed by atoms with van der Waals surface area (Å²) in [5.74, 6) is 0. The van der Waals surface area contributed by atoms with Crippen molar-refractivity contribution in [3.8, 4) is 0 Å². The smallest absolute Gasteiger partial charge is 0.0594 e. The van der Waals surface area contributed by atoms with E-state index in [0.29, 0.717) is 6.04 Å². The van der Waals surface area contributed by atoms with E-state index in [1.54, 1.807) is 0 Å². The number of hydrogen-bond acceptors (Lipinski definition) is 3. The van der Waals surface area contributed by atoms with E-state index in [-0.39, 0.29) is 0 Å². The van der Waals surface area contributed by atoms with E-state index < -0.39 is 0 Å². The summed E-state index contributed by atoms with van der Waals surface area (Å²) in [4.78, 5) is 8.26. The topological polar surface area (TPSA) is 31.5 Å². The minimum atomic E-state index is 0.465. The first kappa shape index (κ1) is 14.6. The third kappa shape index (κ3) is 3.28. The van der Waals surface area contributed by atoms with E-state index in [2.05, 4.69) is 59.3 Å². The predicted molar refractivity (Wildman–Crippen MR) is 86.6 cm³/mol. The second-order valence-electron chi connectivity index (χ2n) is 6.05. The van der Waals surface area contributed by atoms with Gasteiger partial charge in [-0.15, -0.1) is 0 Å². The molecule has 0 radical (unpaired) electrons. The molecule has 1 N–H and O–H groups in total. The first-order valence-electron chi connectivity index (χ1n) is 7.78. The molecule has 0 aliphatic carbocycles. The summed E-state index contributed by atoms with van der Waals surface area (Å²) in [7, 11) is 4.29. The van der Waals surface area contributed by atoms with Gasteiger partial charge in [-0.25, -0.2) is 0 Å². The molecule has 0 amide bonds. The number of benzene rings is 1. The molecule has 2 aromatic rings. The van der Waals surface area contributed by atoms with Gasteiger partial charge in [0.1, 0.15) is 0 Å². The lowest BCUT2D eigenvalue weighted by Crippen LogP contribution is -2.40. The molecule has 1 atom stereocenters. The average Bonchev–Trinajstić information content (AvgIpc) is 2.93. The van der Waals surface area contributed by atoms with E-state index in [1.165, 1.54) is 16.5 Å². The van der Waals surface area contributed by atoms with Crippen molar-refractivity contribution in [2.24, 2.45) is 0 Å². The first-order valence-corrected chi connectivity index (χ1v) is 7.78. The molecule has 114 valence electrons. The van der Waals surface area contributed by atoms with Crippen LogP contribution in [0.15, 0.2) is 30.5 Å². The Morgan fingerprint density at radius 3 is 2.76 bits per heavy atom. The Bertz CT molecular complexity index is 572. The third-order valence-electron chi connectivity index (χ3n) is 4.32. The largest absolute Gasteiger partial charge is 0.379 e. The van der Waals surface area contributed by atoms with Gasteiger partial charge in [-0.3, -0.25) is 4.90 Å². The van der Waals surface area contributed by atoms with E-state index in [1.807, 2.05) is 0 Å². The van der Waals surface area contributed by atoms with Crippen LogP contribution in [-0.2, 0) is 4.74 Å². The van der Waals surface area contributed by atoms with Crippen LogP contribution in [0.4, 0.5) is 0 Å². The molecule has 3 rings (SSSR count). The number of para-hydroxylation sites is 1. The Labute approximate surface area is 126 Å². The molecule has 0 bridgehead atoms. The SMILES string of the molecule is CN(C)CCC(c1c[nH]c2ccccc12)N1CCOCC1. The molecule has 1 fully saturated rings. The summed E-state index contributed by atoms with van der Waals surface area (Å²) in [5.41, 5.74) is 2.66. The Hall–Kier alpha value is -1.36. The lowest BCUT2D eigenvalue weighted by Gasteiger charge is -2.35. The van der Waals surface area contributed by atoms with Gasteiger partial charge in [-0.2, -0.15) is 0 Å². The van der Waals surface area contributed by atoms with E-state index in [0.717, 1.165) is 39.3 Å². The summed E-state index contributed by atoms with van der Waals surface area (Å²) in [5, 5.41) is 1.35. The zero-order valence-corrected chi connectivity index (χ0v) is 13.0. The van der Waals surface area contributed by atoms with Crippen LogP contribution in [0.2, 0.25) is 0 Å². The van der Waals surface area contributed by atoms with Crippen LogP contribution in [-0.4, -0.2) is 61.7 Å². The fraction of sp³-hybridized carbons (Fsp3) is 0.529. The number of ether oxygens (including phenoxy) is 1. The molecule has 1 aliphatic rings. The Morgan fingerprint density at radius 2 is 2.00 bits per heavy atom. The number of aromatic amines is 1. The molecule has 4 nitrogen and oxygen atoms in total. The summed E-state index contributed by atoms with van der Waals surface area (Å²) in [6.07, 6.45) is 3.34. The number of morpholine rings is 1. The number of nitrogens with one attached hydrogen (secondary N) is 1. The quantitative estimate of drug-likeness (QED) is 0.917. The molecular formula is C17H25N3O. The second-order valence-corrected chi connectivity index (χ2v) is 6.05. The van der Waals surface area contributed by atoms with Crippen molar-refractivity contribution in [2.45, 2.75) is 12.5 Å². The highest BCUT2D eigenvalue weighted by atomic mass is 16.5. The number of H-pyrrole nitrogens is 1. The zero-order chi connectivity index (χ0) is 14.7. The molecule has 21 heavy (non-hydrogen) atoms. The first-order chi connectivity index (χ1) is 10.3. The van der Waals surface area contributed by atoms with E-state index in [9.17, 15) is 0 Å². The molecule has 1 saturated heterocycles. The molecule has 0 spiro atoms. The predicted octanol–water partition coefficient (Wildman–Crippen LogP) is 2.49. The molecule has 1 aliphatic heterocycles. The van der Waals surface area contributed by atoms with E-state index in [4.69, 9.17) is 4.74 Å². The van der Waals surface area contributed by atoms with Gasteiger partial charge >= 0.3 is 0 Å². The van der Waals surface area contributed by atoms with Crippen molar-refractivity contribution in [2.75, 3.05) is 46.9 Å². The average molecular weight is 287 g/mol. The summed E-state index contributed by atoms with van der Waals surface area (Å²) < 4.78 is 5.52. The van der Waals surface area contributed by atoms with Gasteiger partial charge in [-0.1, -0.05) is 18.2 Å². The molecule has 1 aromatic heterocycles. The van der Waals surface area contributed by atoms with Crippen molar-refractivity contribution in [3.63, 3.8) is 0 Å². The monoisotopic (exact) mass is 287 g/mol. The van der Waals surface area contributed by atoms with Crippen LogP contribution in [0.5, 0.6) is 0 Å². The van der Waals surface area contributed by atoms with Gasteiger partial charge in [0.25, 0.3) is 0 Å². The molecule has 0 saturated carbocycles. The van der Waals surface area contributed by atoms with Crippen molar-refractivity contribution in [3.05, 3.63) is 36.0 Å². The highest BCUT2D eigenvalue weighted by Crippen LogP contribution is 2.31. The minimum absolute atomic E-state index is 0.465. The number of rotatable bonds is 5. The number of nitrogens with zero attached hydrogens (tertiary/aromatic N) is 2. The summed E-state index contributed by atoms with van der Waals surface area (Å²) >= 11 is 0. The highest BCUT2D eigenvalue weighted by Gasteiger charge is 2.24. The highest BCUT2D eigenvalue weighted by molar-refractivity contribution is 5.83. The number of aromatic nitrogens is 1. The fourth-order valence-electron chi connectivity index (χ4n) is 3.17. The molecule has 1 unspecified atom stereocenters. The van der Waals surface area contributed by atoms with Crippen LogP contribution in [0.3, 0.4) is 0 Å². The molecular weight excluding hydrogens is 262 g/mol. The van der Waals surface area contributed by atoms with Gasteiger partial charge < -0.3 is 14.6 Å². The maximum atomic E-state index is 5.52. The Balaban J connectivity index is 1.89. The molecule has 4 heteroatoms. The van der Waals surface area contributed by atoms with Gasteiger partial charge in [0.2, 0.25) is 0 Å². The van der Waals surface area contributed by atoms with Crippen molar-refractivity contribution in [1.29, 1.82) is 0 Å². The lowest BCUT2D eigenvalue weighted by atomic mass is 10.0. The van der Waals surface area contributed by atoms with Crippen LogP contribution in [0.1, 0.15) is 18.0 Å². The van der Waals surface area contributed by atoms with Gasteiger partial charge in [0.05, 0.1) is 13.2 Å². The molecule has 1 aromatic carbocycles. The Morgan fingerprint density at radius 1 is 1.24 bits per heavy atom. The van der Waals surface area contributed by atoms with Crippen LogP contribution in [0, 0.1) is 0 Å². The lowest BCUT2D eigenvalue weighted by molar-refractivity contribution is 0.0132. The second kappa shape index (κ2) is 6.60. The van der Waals surface area contributed by atoms with Gasteiger partial charge in [0.15, 0.2) is 0 Å². The van der Waals surface area contributed by atoms with Crippen molar-refractivity contribution < 1.29 is 4.74 Å². The van der Waals surface area contributed by atoms with Crippen molar-refractivity contribution >= 4 is 10.9 Å². The van der Waals surface area contributed by atoms with E-state index >= 15 is 0 Å². The standard InChI is InChI=1S/C17H25N3O/c1-19(2)8-7-17(20-9-11-21-12-10-20)15-13-18-16-6-4-3-5-14(15)16/h3-6,13,17-18H,7-12H2,1-2H3.